The Labute approximate surface area is 130 Å². The molecule has 1 aliphatic heterocycles. The second kappa shape index (κ2) is 5.56. The van der Waals surface area contributed by atoms with Crippen molar-refractivity contribution in [2.45, 2.75) is 39.5 Å². The molecule has 0 aromatic heterocycles. The number of carbonyl (C=O) groups excluding carboxylic acids is 2. The van der Waals surface area contributed by atoms with Crippen molar-refractivity contribution in [1.29, 1.82) is 0 Å². The monoisotopic (exact) mass is 296 g/mol. The molecule has 0 amide bonds. The Morgan fingerprint density at radius 2 is 2.05 bits per heavy atom. The predicted octanol–water partition coefficient (Wildman–Crippen LogP) is 4.04. The maximum atomic E-state index is 12.2. The lowest BCUT2D eigenvalue weighted by Crippen LogP contribution is -2.28. The molecule has 0 saturated carbocycles. The van der Waals surface area contributed by atoms with Gasteiger partial charge in [0.2, 0.25) is 11.6 Å². The van der Waals surface area contributed by atoms with E-state index in [2.05, 4.69) is 26.0 Å². The standard InChI is InChI=1S/C19H20O3/c1-11(2)6-4-7-13-10-22-19-12(3)17(20)18(21)15-9-5-8-14(13)16(15)19/h5-6,8-9,13H,4,7,10H2,1-3H3. The first-order valence-corrected chi connectivity index (χ1v) is 7.70. The Hall–Kier alpha value is -2.16. The fourth-order valence-corrected chi connectivity index (χ4v) is 3.20. The molecule has 1 heterocycles. The summed E-state index contributed by atoms with van der Waals surface area (Å²) in [6, 6.07) is 5.66. The third-order valence-electron chi connectivity index (χ3n) is 4.39. The summed E-state index contributed by atoms with van der Waals surface area (Å²) in [5.74, 6) is 0.0195. The molecular weight excluding hydrogens is 276 g/mol. The van der Waals surface area contributed by atoms with Gasteiger partial charge in [-0.3, -0.25) is 9.59 Å². The quantitative estimate of drug-likeness (QED) is 0.624. The maximum absolute atomic E-state index is 12.2. The summed E-state index contributed by atoms with van der Waals surface area (Å²) in [4.78, 5) is 24.3. The molecule has 0 fully saturated rings. The van der Waals surface area contributed by atoms with Gasteiger partial charge in [0.05, 0.1) is 6.61 Å². The van der Waals surface area contributed by atoms with Crippen molar-refractivity contribution in [3.8, 4) is 0 Å². The van der Waals surface area contributed by atoms with Gasteiger partial charge in [0.1, 0.15) is 5.76 Å². The summed E-state index contributed by atoms with van der Waals surface area (Å²) >= 11 is 0. The summed E-state index contributed by atoms with van der Waals surface area (Å²) < 4.78 is 5.87. The van der Waals surface area contributed by atoms with Crippen molar-refractivity contribution < 1.29 is 14.3 Å². The van der Waals surface area contributed by atoms with Gasteiger partial charge >= 0.3 is 0 Å². The number of rotatable bonds is 3. The van der Waals surface area contributed by atoms with Gasteiger partial charge in [-0.1, -0.05) is 29.8 Å². The average molecular weight is 296 g/mol. The van der Waals surface area contributed by atoms with Crippen molar-refractivity contribution in [3.05, 3.63) is 52.1 Å². The topological polar surface area (TPSA) is 43.4 Å². The highest BCUT2D eigenvalue weighted by molar-refractivity contribution is 6.52. The van der Waals surface area contributed by atoms with Gasteiger partial charge in [0, 0.05) is 22.6 Å². The molecule has 1 unspecified atom stereocenters. The molecule has 0 N–H and O–H groups in total. The van der Waals surface area contributed by atoms with Crippen LogP contribution in [0.4, 0.5) is 0 Å². The van der Waals surface area contributed by atoms with E-state index in [1.165, 1.54) is 5.57 Å². The minimum Gasteiger partial charge on any atom is -0.492 e. The highest BCUT2D eigenvalue weighted by Crippen LogP contribution is 2.41. The third kappa shape index (κ3) is 2.31. The van der Waals surface area contributed by atoms with Crippen molar-refractivity contribution in [2.75, 3.05) is 6.61 Å². The van der Waals surface area contributed by atoms with E-state index in [1.54, 1.807) is 13.0 Å². The normalized spacial score (nSPS) is 19.7. The van der Waals surface area contributed by atoms with Crippen LogP contribution in [-0.2, 0) is 9.53 Å². The molecular formula is C19H20O3. The summed E-state index contributed by atoms with van der Waals surface area (Å²) in [5.41, 5.74) is 4.23. The first-order valence-electron chi connectivity index (χ1n) is 7.70. The van der Waals surface area contributed by atoms with E-state index in [9.17, 15) is 9.59 Å². The molecule has 1 aliphatic carbocycles. The van der Waals surface area contributed by atoms with Crippen LogP contribution in [0.3, 0.4) is 0 Å². The largest absolute Gasteiger partial charge is 0.492 e. The number of hydrogen-bond acceptors (Lipinski definition) is 3. The zero-order valence-electron chi connectivity index (χ0n) is 13.2. The van der Waals surface area contributed by atoms with E-state index < -0.39 is 11.6 Å². The lowest BCUT2D eigenvalue weighted by Gasteiger charge is -2.32. The summed E-state index contributed by atoms with van der Waals surface area (Å²) in [5, 5.41) is 0. The predicted molar refractivity (Wildman–Crippen MR) is 85.7 cm³/mol. The van der Waals surface area contributed by atoms with Gasteiger partial charge in [-0.2, -0.15) is 0 Å². The Balaban J connectivity index is 2.03. The number of carbonyl (C=O) groups is 2. The molecule has 1 aromatic rings. The van der Waals surface area contributed by atoms with Crippen molar-refractivity contribution >= 4 is 17.3 Å². The maximum Gasteiger partial charge on any atom is 0.234 e. The average Bonchev–Trinajstić information content (AvgIpc) is 2.51. The Bertz CT molecular complexity index is 718. The van der Waals surface area contributed by atoms with Crippen LogP contribution in [0.2, 0.25) is 0 Å². The van der Waals surface area contributed by atoms with Crippen LogP contribution in [0.1, 0.15) is 61.0 Å². The molecule has 2 aliphatic rings. The van der Waals surface area contributed by atoms with Crippen LogP contribution in [0.5, 0.6) is 0 Å². The van der Waals surface area contributed by atoms with Crippen molar-refractivity contribution in [2.24, 2.45) is 0 Å². The summed E-state index contributed by atoms with van der Waals surface area (Å²) in [6.07, 6.45) is 4.20. The molecule has 1 atom stereocenters. The number of ether oxygens (including phenoxy) is 1. The number of hydrogen-bond donors (Lipinski definition) is 0. The van der Waals surface area contributed by atoms with E-state index in [0.29, 0.717) is 23.5 Å². The number of ketones is 2. The van der Waals surface area contributed by atoms with Crippen LogP contribution < -0.4 is 0 Å². The molecule has 3 heteroatoms. The molecule has 0 spiro atoms. The first-order chi connectivity index (χ1) is 10.5. The van der Waals surface area contributed by atoms with Crippen LogP contribution in [0, 0.1) is 0 Å². The third-order valence-corrected chi connectivity index (χ3v) is 4.39. The van der Waals surface area contributed by atoms with Gasteiger partial charge in [0.15, 0.2) is 0 Å². The molecule has 0 bridgehead atoms. The smallest absolute Gasteiger partial charge is 0.234 e. The van der Waals surface area contributed by atoms with E-state index in [-0.39, 0.29) is 5.92 Å². The first kappa shape index (κ1) is 14.8. The van der Waals surface area contributed by atoms with Gasteiger partial charge in [-0.05, 0) is 39.2 Å². The van der Waals surface area contributed by atoms with Crippen LogP contribution >= 0.6 is 0 Å². The molecule has 22 heavy (non-hydrogen) atoms. The number of allylic oxidation sites excluding steroid dienone is 3. The number of benzene rings is 1. The van der Waals surface area contributed by atoms with Gasteiger partial charge in [0.25, 0.3) is 0 Å². The SMILES string of the molecule is CC(C)=CCCC1COC2=C(C)C(=O)C(=O)c3cccc1c32. The highest BCUT2D eigenvalue weighted by atomic mass is 16.5. The van der Waals surface area contributed by atoms with E-state index >= 15 is 0 Å². The Morgan fingerprint density at radius 1 is 1.27 bits per heavy atom. The van der Waals surface area contributed by atoms with Crippen LogP contribution in [-0.4, -0.2) is 18.2 Å². The lowest BCUT2D eigenvalue weighted by molar-refractivity contribution is -0.112. The Morgan fingerprint density at radius 3 is 2.77 bits per heavy atom. The molecule has 0 saturated heterocycles. The zero-order valence-corrected chi connectivity index (χ0v) is 13.2. The zero-order chi connectivity index (χ0) is 15.9. The second-order valence-electron chi connectivity index (χ2n) is 6.25. The van der Waals surface area contributed by atoms with E-state index in [0.717, 1.165) is 24.0 Å². The minimum absolute atomic E-state index is 0.267. The fourth-order valence-electron chi connectivity index (χ4n) is 3.20. The number of Topliss-reactive ketones (excluding diaryl/α,β-unsaturated/α-hetero) is 2. The van der Waals surface area contributed by atoms with Gasteiger partial charge in [-0.25, -0.2) is 0 Å². The van der Waals surface area contributed by atoms with E-state index in [4.69, 9.17) is 4.74 Å². The molecule has 1 aromatic carbocycles. The molecule has 3 nitrogen and oxygen atoms in total. The van der Waals surface area contributed by atoms with Crippen LogP contribution in [0.15, 0.2) is 35.4 Å². The molecule has 3 rings (SSSR count). The minimum atomic E-state index is -0.442. The second-order valence-corrected chi connectivity index (χ2v) is 6.25. The highest BCUT2D eigenvalue weighted by Gasteiger charge is 2.37. The van der Waals surface area contributed by atoms with Crippen LogP contribution in [0.25, 0.3) is 5.76 Å². The summed E-state index contributed by atoms with van der Waals surface area (Å²) in [6.45, 7) is 6.44. The molecule has 114 valence electrons. The van der Waals surface area contributed by atoms with E-state index in [1.807, 2.05) is 6.07 Å². The lowest BCUT2D eigenvalue weighted by atomic mass is 9.80. The fraction of sp³-hybridized carbons (Fsp3) is 0.368. The Kier molecular flexibility index (Phi) is 3.73. The van der Waals surface area contributed by atoms with Gasteiger partial charge in [-0.15, -0.1) is 0 Å². The van der Waals surface area contributed by atoms with Crippen molar-refractivity contribution in [1.82, 2.24) is 0 Å². The summed E-state index contributed by atoms with van der Waals surface area (Å²) in [7, 11) is 0. The van der Waals surface area contributed by atoms with Gasteiger partial charge < -0.3 is 4.74 Å². The van der Waals surface area contributed by atoms with Crippen molar-refractivity contribution in [3.63, 3.8) is 0 Å². The molecule has 0 radical (unpaired) electrons.